The summed E-state index contributed by atoms with van der Waals surface area (Å²) in [6.07, 6.45) is 0. The van der Waals surface area contributed by atoms with Crippen molar-refractivity contribution in [1.82, 2.24) is 0 Å². The minimum Gasteiger partial charge on any atom is -0.493 e. The molecule has 0 aromatic heterocycles. The molecule has 0 aliphatic heterocycles. The van der Waals surface area contributed by atoms with E-state index in [1.54, 1.807) is 21.3 Å². The summed E-state index contributed by atoms with van der Waals surface area (Å²) in [6.45, 7) is 6.54. The van der Waals surface area contributed by atoms with Crippen molar-refractivity contribution in [3.05, 3.63) is 83.9 Å². The van der Waals surface area contributed by atoms with Gasteiger partial charge in [0.1, 0.15) is 6.04 Å². The van der Waals surface area contributed by atoms with Crippen LogP contribution in [-0.2, 0) is 4.53 Å². The van der Waals surface area contributed by atoms with Gasteiger partial charge in [0.15, 0.2) is 11.5 Å². The lowest BCUT2D eigenvalue weighted by atomic mass is 9.97. The lowest BCUT2D eigenvalue weighted by Gasteiger charge is -2.38. The standard InChI is InChI=1S/C25H31NO4Si/c1-27-22-17-20(18-23(28-2)25(22)29-3)24(19-13-9-7-10-14-19)26(30-31(4,5)6)21-15-11-8-12-16-21/h7-18,24H,1-6H3. The summed E-state index contributed by atoms with van der Waals surface area (Å²) in [5, 5.41) is 2.02. The Morgan fingerprint density at radius 3 is 1.65 bits per heavy atom. The first-order valence-electron chi connectivity index (χ1n) is 10.3. The molecule has 0 fully saturated rings. The Kier molecular flexibility index (Phi) is 7.25. The van der Waals surface area contributed by atoms with Crippen LogP contribution in [0.15, 0.2) is 72.8 Å². The molecule has 0 bridgehead atoms. The van der Waals surface area contributed by atoms with Gasteiger partial charge >= 0.3 is 0 Å². The summed E-state index contributed by atoms with van der Waals surface area (Å²) in [5.74, 6) is 1.79. The average Bonchev–Trinajstić information content (AvgIpc) is 2.78. The van der Waals surface area contributed by atoms with Gasteiger partial charge in [0.05, 0.1) is 27.0 Å². The highest BCUT2D eigenvalue weighted by molar-refractivity contribution is 6.69. The number of rotatable bonds is 9. The minimum absolute atomic E-state index is 0.218. The van der Waals surface area contributed by atoms with Crippen molar-refractivity contribution in [3.63, 3.8) is 0 Å². The second-order valence-electron chi connectivity index (χ2n) is 8.14. The van der Waals surface area contributed by atoms with Gasteiger partial charge in [-0.1, -0.05) is 48.5 Å². The van der Waals surface area contributed by atoms with E-state index in [0.29, 0.717) is 17.2 Å². The van der Waals surface area contributed by atoms with Gasteiger partial charge < -0.3 is 18.7 Å². The van der Waals surface area contributed by atoms with Crippen molar-refractivity contribution in [2.24, 2.45) is 0 Å². The van der Waals surface area contributed by atoms with E-state index in [4.69, 9.17) is 18.7 Å². The SMILES string of the molecule is COc1cc(C(c2ccccc2)N(O[Si](C)(C)C)c2ccccc2)cc(OC)c1OC. The number of hydrogen-bond acceptors (Lipinski definition) is 5. The molecule has 0 radical (unpaired) electrons. The van der Waals surface area contributed by atoms with Gasteiger partial charge in [-0.25, -0.2) is 0 Å². The monoisotopic (exact) mass is 437 g/mol. The first-order chi connectivity index (χ1) is 14.9. The van der Waals surface area contributed by atoms with Gasteiger partial charge in [-0.05, 0) is 55.0 Å². The van der Waals surface area contributed by atoms with E-state index in [9.17, 15) is 0 Å². The average molecular weight is 438 g/mol. The number of methoxy groups -OCH3 is 3. The Balaban J connectivity index is 2.25. The van der Waals surface area contributed by atoms with Gasteiger partial charge in [-0.15, -0.1) is 0 Å². The summed E-state index contributed by atoms with van der Waals surface area (Å²) in [5.41, 5.74) is 3.05. The fraction of sp³-hybridized carbons (Fsp3) is 0.280. The minimum atomic E-state index is -1.95. The molecule has 0 N–H and O–H groups in total. The lowest BCUT2D eigenvalue weighted by Crippen LogP contribution is -2.40. The number of hydroxylamine groups is 1. The third kappa shape index (κ3) is 5.40. The normalized spacial score (nSPS) is 12.2. The zero-order chi connectivity index (χ0) is 22.4. The van der Waals surface area contributed by atoms with E-state index in [0.717, 1.165) is 16.8 Å². The first kappa shape index (κ1) is 22.7. The Morgan fingerprint density at radius 1 is 0.677 bits per heavy atom. The maximum Gasteiger partial charge on any atom is 0.220 e. The molecular formula is C25H31NO4Si. The smallest absolute Gasteiger partial charge is 0.220 e. The first-order valence-corrected chi connectivity index (χ1v) is 13.7. The maximum atomic E-state index is 6.66. The molecule has 31 heavy (non-hydrogen) atoms. The number of benzene rings is 3. The number of anilines is 1. The molecule has 0 saturated heterocycles. The summed E-state index contributed by atoms with van der Waals surface area (Å²) in [4.78, 5) is 0. The number of nitrogens with zero attached hydrogens (tertiary/aromatic N) is 1. The van der Waals surface area contributed by atoms with E-state index in [2.05, 4.69) is 43.9 Å². The van der Waals surface area contributed by atoms with Crippen LogP contribution in [0.2, 0.25) is 19.6 Å². The molecular weight excluding hydrogens is 406 g/mol. The highest BCUT2D eigenvalue weighted by atomic mass is 28.4. The van der Waals surface area contributed by atoms with Crippen LogP contribution in [0.5, 0.6) is 17.2 Å². The molecule has 1 atom stereocenters. The van der Waals surface area contributed by atoms with Crippen molar-refractivity contribution >= 4 is 14.0 Å². The number of hydrogen-bond donors (Lipinski definition) is 0. The van der Waals surface area contributed by atoms with E-state index in [1.807, 2.05) is 53.6 Å². The molecule has 0 amide bonds. The fourth-order valence-electron chi connectivity index (χ4n) is 3.48. The van der Waals surface area contributed by atoms with E-state index < -0.39 is 8.32 Å². The second kappa shape index (κ2) is 9.90. The van der Waals surface area contributed by atoms with Crippen LogP contribution < -0.4 is 19.3 Å². The van der Waals surface area contributed by atoms with Crippen molar-refractivity contribution in [2.45, 2.75) is 25.7 Å². The van der Waals surface area contributed by atoms with Crippen LogP contribution in [0.25, 0.3) is 0 Å². The highest BCUT2D eigenvalue weighted by Crippen LogP contribution is 2.43. The van der Waals surface area contributed by atoms with Crippen LogP contribution in [-0.4, -0.2) is 29.6 Å². The predicted molar refractivity (Wildman–Crippen MR) is 128 cm³/mol. The topological polar surface area (TPSA) is 40.2 Å². The molecule has 3 rings (SSSR count). The van der Waals surface area contributed by atoms with E-state index in [1.165, 1.54) is 0 Å². The third-order valence-corrected chi connectivity index (χ3v) is 5.48. The Morgan fingerprint density at radius 2 is 1.19 bits per heavy atom. The molecule has 1 unspecified atom stereocenters. The molecule has 0 spiro atoms. The molecule has 164 valence electrons. The number of para-hydroxylation sites is 1. The Bertz CT molecular complexity index is 949. The van der Waals surface area contributed by atoms with Gasteiger partial charge in [-0.3, -0.25) is 5.06 Å². The van der Waals surface area contributed by atoms with Crippen LogP contribution >= 0.6 is 0 Å². The maximum absolute atomic E-state index is 6.66. The second-order valence-corrected chi connectivity index (χ2v) is 12.5. The zero-order valence-electron chi connectivity index (χ0n) is 19.1. The predicted octanol–water partition coefficient (Wildman–Crippen LogP) is 6.07. The number of ether oxygens (including phenoxy) is 3. The van der Waals surface area contributed by atoms with E-state index >= 15 is 0 Å². The lowest BCUT2D eigenvalue weighted by molar-refractivity contribution is 0.247. The van der Waals surface area contributed by atoms with Crippen LogP contribution in [0, 0.1) is 0 Å². The van der Waals surface area contributed by atoms with Crippen LogP contribution in [0.1, 0.15) is 17.2 Å². The van der Waals surface area contributed by atoms with Crippen molar-refractivity contribution < 1.29 is 18.7 Å². The molecule has 0 aliphatic carbocycles. The summed E-state index contributed by atoms with van der Waals surface area (Å²) >= 11 is 0. The molecule has 3 aromatic carbocycles. The van der Waals surface area contributed by atoms with Gasteiger partial charge in [-0.2, -0.15) is 0 Å². The van der Waals surface area contributed by atoms with Crippen molar-refractivity contribution in [2.75, 3.05) is 26.4 Å². The quantitative estimate of drug-likeness (QED) is 0.300. The Labute approximate surface area is 186 Å². The summed E-state index contributed by atoms with van der Waals surface area (Å²) in [6, 6.07) is 24.2. The highest BCUT2D eigenvalue weighted by Gasteiger charge is 2.31. The fourth-order valence-corrected chi connectivity index (χ4v) is 4.28. The zero-order valence-corrected chi connectivity index (χ0v) is 20.1. The van der Waals surface area contributed by atoms with Crippen LogP contribution in [0.3, 0.4) is 0 Å². The van der Waals surface area contributed by atoms with Gasteiger partial charge in [0.2, 0.25) is 14.1 Å². The van der Waals surface area contributed by atoms with Crippen LogP contribution in [0.4, 0.5) is 5.69 Å². The van der Waals surface area contributed by atoms with Gasteiger partial charge in [0, 0.05) is 0 Å². The molecule has 0 saturated carbocycles. The molecule has 5 nitrogen and oxygen atoms in total. The van der Waals surface area contributed by atoms with Crippen molar-refractivity contribution in [3.8, 4) is 17.2 Å². The molecule has 0 heterocycles. The third-order valence-electron chi connectivity index (χ3n) is 4.74. The summed E-state index contributed by atoms with van der Waals surface area (Å²) < 4.78 is 23.5. The largest absolute Gasteiger partial charge is 0.493 e. The molecule has 6 heteroatoms. The summed E-state index contributed by atoms with van der Waals surface area (Å²) in [7, 11) is 2.92. The van der Waals surface area contributed by atoms with E-state index in [-0.39, 0.29) is 6.04 Å². The molecule has 0 aliphatic rings. The van der Waals surface area contributed by atoms with Crippen molar-refractivity contribution in [1.29, 1.82) is 0 Å². The van der Waals surface area contributed by atoms with Gasteiger partial charge in [0.25, 0.3) is 0 Å². The Hall–Kier alpha value is -2.96. The molecule has 3 aromatic rings.